The summed E-state index contributed by atoms with van der Waals surface area (Å²) < 4.78 is 0.675. The van der Waals surface area contributed by atoms with E-state index in [1.54, 1.807) is 30.3 Å². The van der Waals surface area contributed by atoms with Gasteiger partial charge in [0.25, 0.3) is 17.5 Å². The molecule has 1 aliphatic heterocycles. The lowest BCUT2D eigenvalue weighted by atomic mass is 10.1. The number of amides is 2. The molecule has 2 aromatic carbocycles. The third-order valence-electron chi connectivity index (χ3n) is 3.48. The molecule has 1 saturated heterocycles. The maximum Gasteiger partial charge on any atom is 0.273 e. The van der Waals surface area contributed by atoms with Gasteiger partial charge in [-0.3, -0.25) is 19.7 Å². The first-order valence-electron chi connectivity index (χ1n) is 7.20. The highest BCUT2D eigenvalue weighted by Gasteiger charge is 2.37. The van der Waals surface area contributed by atoms with Crippen LogP contribution in [0, 0.1) is 10.1 Å². The molecular weight excluding hydrogens is 440 g/mol. The Labute approximate surface area is 166 Å². The Balaban J connectivity index is 1.92. The highest BCUT2D eigenvalue weighted by atomic mass is 79.9. The number of hydrogen-bond donors (Lipinski definition) is 0. The summed E-state index contributed by atoms with van der Waals surface area (Å²) in [4.78, 5) is 36.9. The summed E-state index contributed by atoms with van der Waals surface area (Å²) in [5, 5.41) is 10.9. The van der Waals surface area contributed by atoms with Gasteiger partial charge in [0.15, 0.2) is 4.32 Å². The second-order valence-electron chi connectivity index (χ2n) is 5.15. The number of nitrogens with zero attached hydrogens (tertiary/aromatic N) is 2. The number of rotatable bonds is 3. The fraction of sp³-hybridized carbons (Fsp3) is 0. The van der Waals surface area contributed by atoms with Crippen LogP contribution in [0.15, 0.2) is 57.9 Å². The Morgan fingerprint density at radius 2 is 1.96 bits per heavy atom. The predicted molar refractivity (Wildman–Crippen MR) is 107 cm³/mol. The monoisotopic (exact) mass is 448 g/mol. The molecule has 3 rings (SSSR count). The SMILES string of the molecule is O=C1C(=Cc2cccc([N+](=O)[O-])c2)SC(=S)N1C(=O)c1ccccc1Br. The maximum atomic E-state index is 12.7. The summed E-state index contributed by atoms with van der Waals surface area (Å²) in [6, 6.07) is 12.6. The predicted octanol–water partition coefficient (Wildman–Crippen LogP) is 4.40. The highest BCUT2D eigenvalue weighted by molar-refractivity contribution is 9.10. The number of hydrogen-bond acceptors (Lipinski definition) is 6. The lowest BCUT2D eigenvalue weighted by Crippen LogP contribution is -2.34. The largest absolute Gasteiger partial charge is 0.273 e. The van der Waals surface area contributed by atoms with Crippen LogP contribution in [0.2, 0.25) is 0 Å². The molecular formula is C17H9BrN2O4S2. The fourth-order valence-corrected chi connectivity index (χ4v) is 3.99. The van der Waals surface area contributed by atoms with E-state index in [0.717, 1.165) is 16.7 Å². The van der Waals surface area contributed by atoms with Gasteiger partial charge in [0.1, 0.15) is 0 Å². The number of thiocarbonyl (C=S) groups is 1. The van der Waals surface area contributed by atoms with E-state index in [2.05, 4.69) is 15.9 Å². The number of imide groups is 1. The zero-order valence-electron chi connectivity index (χ0n) is 12.9. The first kappa shape index (κ1) is 18.4. The summed E-state index contributed by atoms with van der Waals surface area (Å²) in [6.07, 6.45) is 1.49. The topological polar surface area (TPSA) is 80.5 Å². The standard InChI is InChI=1S/C17H9BrN2O4S2/c18-13-7-2-1-6-12(13)15(21)19-16(22)14(26-17(19)25)9-10-4-3-5-11(8-10)20(23)24/h1-9H. The fourth-order valence-electron chi connectivity index (χ4n) is 2.28. The van der Waals surface area contributed by atoms with E-state index >= 15 is 0 Å². The minimum Gasteiger partial charge on any atom is -0.268 e. The van der Waals surface area contributed by atoms with E-state index in [0.29, 0.717) is 15.6 Å². The molecule has 9 heteroatoms. The molecule has 0 N–H and O–H groups in total. The van der Waals surface area contributed by atoms with Crippen molar-refractivity contribution in [3.05, 3.63) is 79.2 Å². The zero-order chi connectivity index (χ0) is 18.8. The molecule has 0 aromatic heterocycles. The smallest absolute Gasteiger partial charge is 0.268 e. The van der Waals surface area contributed by atoms with E-state index in [-0.39, 0.29) is 14.9 Å². The summed E-state index contributed by atoms with van der Waals surface area (Å²) in [7, 11) is 0. The molecule has 0 bridgehead atoms. The van der Waals surface area contributed by atoms with Crippen molar-refractivity contribution < 1.29 is 14.5 Å². The van der Waals surface area contributed by atoms with Gasteiger partial charge in [-0.25, -0.2) is 4.90 Å². The highest BCUT2D eigenvalue weighted by Crippen LogP contribution is 2.34. The Hall–Kier alpha value is -2.36. The summed E-state index contributed by atoms with van der Waals surface area (Å²) >= 11 is 9.45. The van der Waals surface area contributed by atoms with Crippen LogP contribution in [0.3, 0.4) is 0 Å². The van der Waals surface area contributed by atoms with Crippen LogP contribution in [0.5, 0.6) is 0 Å². The van der Waals surface area contributed by atoms with Gasteiger partial charge in [-0.1, -0.05) is 48.2 Å². The Morgan fingerprint density at radius 1 is 1.23 bits per heavy atom. The van der Waals surface area contributed by atoms with Crippen LogP contribution in [0.4, 0.5) is 5.69 Å². The van der Waals surface area contributed by atoms with Crippen LogP contribution in [-0.4, -0.2) is 26.0 Å². The Morgan fingerprint density at radius 3 is 2.65 bits per heavy atom. The Kier molecular flexibility index (Phi) is 5.30. The van der Waals surface area contributed by atoms with Crippen molar-refractivity contribution in [3.63, 3.8) is 0 Å². The molecule has 2 amide bonds. The van der Waals surface area contributed by atoms with E-state index in [1.165, 1.54) is 24.3 Å². The molecule has 0 unspecified atom stereocenters. The minimum atomic E-state index is -0.549. The minimum absolute atomic E-state index is 0.0847. The molecule has 26 heavy (non-hydrogen) atoms. The Bertz CT molecular complexity index is 990. The number of carbonyl (C=O) groups excluding carboxylic acids is 2. The third-order valence-corrected chi connectivity index (χ3v) is 5.47. The second-order valence-corrected chi connectivity index (χ2v) is 7.68. The number of non-ortho nitro benzene ring substituents is 1. The molecule has 2 aromatic rings. The quantitative estimate of drug-likeness (QED) is 0.227. The molecule has 1 fully saturated rings. The molecule has 0 atom stereocenters. The van der Waals surface area contributed by atoms with Crippen molar-refractivity contribution >= 4 is 67.8 Å². The van der Waals surface area contributed by atoms with Gasteiger partial charge in [-0.15, -0.1) is 0 Å². The number of nitro groups is 1. The average Bonchev–Trinajstić information content (AvgIpc) is 2.88. The molecule has 0 spiro atoms. The number of carbonyl (C=O) groups is 2. The van der Waals surface area contributed by atoms with Gasteiger partial charge in [-0.05, 0) is 39.7 Å². The number of nitro benzene ring substituents is 1. The lowest BCUT2D eigenvalue weighted by molar-refractivity contribution is -0.384. The molecule has 1 heterocycles. The van der Waals surface area contributed by atoms with Crippen molar-refractivity contribution in [3.8, 4) is 0 Å². The van der Waals surface area contributed by atoms with Gasteiger partial charge in [-0.2, -0.15) is 0 Å². The van der Waals surface area contributed by atoms with Crippen molar-refractivity contribution in [2.75, 3.05) is 0 Å². The van der Waals surface area contributed by atoms with Gasteiger partial charge >= 0.3 is 0 Å². The van der Waals surface area contributed by atoms with Gasteiger partial charge in [0.2, 0.25) is 0 Å². The average molecular weight is 449 g/mol. The van der Waals surface area contributed by atoms with Crippen molar-refractivity contribution in [2.24, 2.45) is 0 Å². The van der Waals surface area contributed by atoms with Crippen LogP contribution < -0.4 is 0 Å². The van der Waals surface area contributed by atoms with E-state index < -0.39 is 16.7 Å². The number of benzene rings is 2. The summed E-state index contributed by atoms with van der Waals surface area (Å²) in [5.41, 5.74) is 0.715. The van der Waals surface area contributed by atoms with Gasteiger partial charge in [0, 0.05) is 16.6 Å². The zero-order valence-corrected chi connectivity index (χ0v) is 16.1. The third kappa shape index (κ3) is 3.59. The van der Waals surface area contributed by atoms with E-state index in [9.17, 15) is 19.7 Å². The molecule has 0 saturated carbocycles. The van der Waals surface area contributed by atoms with Crippen LogP contribution in [0.1, 0.15) is 15.9 Å². The molecule has 0 radical (unpaired) electrons. The first-order chi connectivity index (χ1) is 12.4. The molecule has 0 aliphatic carbocycles. The normalized spacial score (nSPS) is 15.6. The van der Waals surface area contributed by atoms with Crippen LogP contribution in [-0.2, 0) is 4.79 Å². The summed E-state index contributed by atoms with van der Waals surface area (Å²) in [6.45, 7) is 0. The number of thioether (sulfide) groups is 1. The maximum absolute atomic E-state index is 12.7. The van der Waals surface area contributed by atoms with Crippen LogP contribution >= 0.6 is 39.9 Å². The lowest BCUT2D eigenvalue weighted by Gasteiger charge is -2.13. The number of halogens is 1. The van der Waals surface area contributed by atoms with Gasteiger partial charge in [0.05, 0.1) is 15.4 Å². The van der Waals surface area contributed by atoms with E-state index in [4.69, 9.17) is 12.2 Å². The molecule has 6 nitrogen and oxygen atoms in total. The van der Waals surface area contributed by atoms with E-state index in [1.807, 2.05) is 0 Å². The van der Waals surface area contributed by atoms with Crippen LogP contribution in [0.25, 0.3) is 6.08 Å². The molecule has 1 aliphatic rings. The van der Waals surface area contributed by atoms with Crippen molar-refractivity contribution in [2.45, 2.75) is 0 Å². The van der Waals surface area contributed by atoms with Crippen molar-refractivity contribution in [1.82, 2.24) is 4.90 Å². The second kappa shape index (κ2) is 7.48. The van der Waals surface area contributed by atoms with Gasteiger partial charge < -0.3 is 0 Å². The first-order valence-corrected chi connectivity index (χ1v) is 9.21. The molecule has 130 valence electrons. The summed E-state index contributed by atoms with van der Waals surface area (Å²) in [5.74, 6) is -1.07. The van der Waals surface area contributed by atoms with Crippen molar-refractivity contribution in [1.29, 1.82) is 0 Å².